The molecule has 3 heterocycles. The molecule has 6 rings (SSSR count). The minimum atomic E-state index is -4.60. The normalized spacial score (nSPS) is 27.7. The zero-order valence-corrected chi connectivity index (χ0v) is 19.3. The number of aromatic nitrogens is 3. The molecule has 0 radical (unpaired) electrons. The third-order valence-electron chi connectivity index (χ3n) is 7.47. The molecule has 1 aromatic carbocycles. The zero-order valence-electron chi connectivity index (χ0n) is 18.5. The van der Waals surface area contributed by atoms with Crippen LogP contribution in [0.1, 0.15) is 24.0 Å². The molecule has 1 spiro atoms. The maximum Gasteiger partial charge on any atom is 0.402 e. The maximum absolute atomic E-state index is 13.1. The van der Waals surface area contributed by atoms with Crippen LogP contribution in [0.2, 0.25) is 0 Å². The number of nitrogens with one attached hydrogen (secondary N) is 1. The van der Waals surface area contributed by atoms with Crippen molar-refractivity contribution in [3.8, 4) is 23.0 Å². The van der Waals surface area contributed by atoms with Gasteiger partial charge in [-0.3, -0.25) is 4.98 Å². The summed E-state index contributed by atoms with van der Waals surface area (Å²) in [6, 6.07) is 11.2. The summed E-state index contributed by atoms with van der Waals surface area (Å²) in [7, 11) is -4.21. The molecule has 0 unspecified atom stereocenters. The number of fused-ring (bicyclic) bond motifs is 1. The summed E-state index contributed by atoms with van der Waals surface area (Å²) >= 11 is 0. The lowest BCUT2D eigenvalue weighted by molar-refractivity contribution is -0.136. The molecule has 2 fully saturated rings. The van der Waals surface area contributed by atoms with Crippen LogP contribution < -0.4 is 4.72 Å². The van der Waals surface area contributed by atoms with Crippen molar-refractivity contribution in [2.45, 2.75) is 37.4 Å². The van der Waals surface area contributed by atoms with Gasteiger partial charge >= 0.3 is 6.18 Å². The lowest BCUT2D eigenvalue weighted by Gasteiger charge is -2.33. The molecule has 2 aliphatic carbocycles. The summed E-state index contributed by atoms with van der Waals surface area (Å²) in [5.74, 6) is 0.463. The van der Waals surface area contributed by atoms with Crippen LogP contribution in [0.3, 0.4) is 0 Å². The standard InChI is InChI=1S/C23H22F3N5O3S/c24-23(25,26)13-31-12-22(30-35(31,32)33)17-6-7-18(22)11-16-9-15(5-4-14(16)10-17)20-28-29-21(34-20)19-3-1-2-8-27-19/h1-5,8-9,17-18,30H,6-7,10-13H2/t17-,18+,22+/m0/s1. The van der Waals surface area contributed by atoms with Crippen molar-refractivity contribution < 1.29 is 26.0 Å². The van der Waals surface area contributed by atoms with Gasteiger partial charge in [0.1, 0.15) is 12.2 Å². The van der Waals surface area contributed by atoms with E-state index in [9.17, 15) is 21.6 Å². The van der Waals surface area contributed by atoms with Gasteiger partial charge in [-0.2, -0.15) is 30.6 Å². The lowest BCUT2D eigenvalue weighted by atomic mass is 9.79. The minimum absolute atomic E-state index is 0.0771. The van der Waals surface area contributed by atoms with Crippen molar-refractivity contribution in [2.24, 2.45) is 11.8 Å². The van der Waals surface area contributed by atoms with E-state index in [1.54, 1.807) is 18.3 Å². The van der Waals surface area contributed by atoms with E-state index in [0.717, 1.165) is 29.5 Å². The second-order valence-corrected chi connectivity index (χ2v) is 11.2. The highest BCUT2D eigenvalue weighted by Crippen LogP contribution is 2.50. The van der Waals surface area contributed by atoms with Crippen LogP contribution in [0, 0.1) is 11.8 Å². The molecule has 8 nitrogen and oxygen atoms in total. The third-order valence-corrected chi connectivity index (χ3v) is 9.04. The summed E-state index contributed by atoms with van der Waals surface area (Å²) in [6.07, 6.45) is -0.285. The first-order chi connectivity index (χ1) is 16.6. The Kier molecular flexibility index (Phi) is 5.07. The monoisotopic (exact) mass is 505 g/mol. The van der Waals surface area contributed by atoms with Crippen LogP contribution in [0.5, 0.6) is 0 Å². The molecule has 12 heteroatoms. The third kappa shape index (κ3) is 3.93. The fraction of sp³-hybridized carbons (Fsp3) is 0.435. The van der Waals surface area contributed by atoms with Crippen LogP contribution >= 0.6 is 0 Å². The predicted octanol–water partition coefficient (Wildman–Crippen LogP) is 3.37. The van der Waals surface area contributed by atoms with Gasteiger partial charge in [0.2, 0.25) is 5.89 Å². The molecule has 1 N–H and O–H groups in total. The molecule has 1 aliphatic heterocycles. The maximum atomic E-state index is 13.1. The van der Waals surface area contributed by atoms with Gasteiger partial charge in [0, 0.05) is 18.3 Å². The molecule has 0 amide bonds. The van der Waals surface area contributed by atoms with E-state index in [4.69, 9.17) is 4.42 Å². The van der Waals surface area contributed by atoms with Gasteiger partial charge in [0.25, 0.3) is 16.1 Å². The number of hydrogen-bond donors (Lipinski definition) is 1. The Bertz CT molecular complexity index is 1380. The predicted molar refractivity (Wildman–Crippen MR) is 119 cm³/mol. The van der Waals surface area contributed by atoms with E-state index >= 15 is 0 Å². The zero-order chi connectivity index (χ0) is 24.4. The van der Waals surface area contributed by atoms with Crippen molar-refractivity contribution in [3.05, 3.63) is 53.7 Å². The quantitative estimate of drug-likeness (QED) is 0.586. The van der Waals surface area contributed by atoms with Crippen molar-refractivity contribution in [2.75, 3.05) is 13.1 Å². The average Bonchev–Trinajstić information content (AvgIpc) is 3.43. The number of hydrogen-bond acceptors (Lipinski definition) is 6. The highest BCUT2D eigenvalue weighted by molar-refractivity contribution is 7.87. The van der Waals surface area contributed by atoms with Crippen LogP contribution in [0.25, 0.3) is 23.0 Å². The molecule has 184 valence electrons. The second-order valence-electron chi connectivity index (χ2n) is 9.52. The topological polar surface area (TPSA) is 101 Å². The first-order valence-electron chi connectivity index (χ1n) is 11.4. The van der Waals surface area contributed by atoms with E-state index in [-0.39, 0.29) is 18.4 Å². The van der Waals surface area contributed by atoms with E-state index in [1.807, 2.05) is 24.3 Å². The van der Waals surface area contributed by atoms with Crippen molar-refractivity contribution in [3.63, 3.8) is 0 Å². The van der Waals surface area contributed by atoms with Gasteiger partial charge in [0.05, 0.1) is 5.54 Å². The van der Waals surface area contributed by atoms with Crippen molar-refractivity contribution >= 4 is 10.2 Å². The van der Waals surface area contributed by atoms with Gasteiger partial charge in [-0.25, -0.2) is 0 Å². The van der Waals surface area contributed by atoms with E-state index in [1.165, 1.54) is 0 Å². The summed E-state index contributed by atoms with van der Waals surface area (Å²) in [5.41, 5.74) is 2.49. The summed E-state index contributed by atoms with van der Waals surface area (Å²) < 4.78 is 73.6. The van der Waals surface area contributed by atoms with Crippen LogP contribution in [-0.2, 0) is 23.1 Å². The molecule has 2 aromatic heterocycles. The number of halogens is 3. The molecule has 3 atom stereocenters. The van der Waals surface area contributed by atoms with Crippen molar-refractivity contribution in [1.29, 1.82) is 0 Å². The Hall–Kier alpha value is -2.83. The van der Waals surface area contributed by atoms with Crippen LogP contribution in [0.4, 0.5) is 13.2 Å². The Morgan fingerprint density at radius 2 is 1.80 bits per heavy atom. The number of rotatable bonds is 3. The molecular formula is C23H22F3N5O3S. The number of nitrogens with zero attached hydrogens (tertiary/aromatic N) is 4. The van der Waals surface area contributed by atoms with Gasteiger partial charge < -0.3 is 4.42 Å². The summed E-state index contributed by atoms with van der Waals surface area (Å²) in [5, 5.41) is 8.25. The Morgan fingerprint density at radius 3 is 2.51 bits per heavy atom. The molecule has 1 saturated carbocycles. The first kappa shape index (κ1) is 22.6. The van der Waals surface area contributed by atoms with Gasteiger partial charge in [-0.15, -0.1) is 10.2 Å². The lowest BCUT2D eigenvalue weighted by Crippen LogP contribution is -2.52. The average molecular weight is 506 g/mol. The van der Waals surface area contributed by atoms with E-state index in [0.29, 0.717) is 34.6 Å². The number of benzene rings is 1. The SMILES string of the molecule is O=S1(=O)N[C@@]2(CN1CC(F)(F)F)[C@@H]1CC[C@H]2Cc2ccc(-c3nnc(-c4ccccn4)o3)cc2C1. The number of alkyl halides is 3. The minimum Gasteiger partial charge on any atom is -0.415 e. The Morgan fingerprint density at radius 1 is 1.06 bits per heavy atom. The molecule has 1 saturated heterocycles. The van der Waals surface area contributed by atoms with Crippen molar-refractivity contribution in [1.82, 2.24) is 24.2 Å². The largest absolute Gasteiger partial charge is 0.415 e. The molecule has 2 bridgehead atoms. The van der Waals surface area contributed by atoms with E-state index in [2.05, 4.69) is 19.9 Å². The smallest absolute Gasteiger partial charge is 0.402 e. The van der Waals surface area contributed by atoms with Crippen LogP contribution in [0.15, 0.2) is 47.0 Å². The molecule has 3 aromatic rings. The van der Waals surface area contributed by atoms with Gasteiger partial charge in [-0.1, -0.05) is 12.1 Å². The fourth-order valence-electron chi connectivity index (χ4n) is 5.91. The van der Waals surface area contributed by atoms with Crippen LogP contribution in [-0.4, -0.2) is 52.7 Å². The second kappa shape index (κ2) is 7.84. The van der Waals surface area contributed by atoms with Gasteiger partial charge in [-0.05, 0) is 72.9 Å². The number of pyridine rings is 1. The highest BCUT2D eigenvalue weighted by atomic mass is 32.2. The summed E-state index contributed by atoms with van der Waals surface area (Å²) in [6.45, 7) is -1.64. The Balaban J connectivity index is 1.30. The summed E-state index contributed by atoms with van der Waals surface area (Å²) in [4.78, 5) is 4.22. The molecular weight excluding hydrogens is 483 g/mol. The highest BCUT2D eigenvalue weighted by Gasteiger charge is 2.60. The molecule has 3 aliphatic rings. The van der Waals surface area contributed by atoms with Gasteiger partial charge in [0.15, 0.2) is 0 Å². The van der Waals surface area contributed by atoms with E-state index < -0.39 is 28.5 Å². The Labute approximate surface area is 199 Å². The first-order valence-corrected chi connectivity index (χ1v) is 12.8. The fourth-order valence-corrected chi connectivity index (χ4v) is 7.62. The molecule has 35 heavy (non-hydrogen) atoms.